The van der Waals surface area contributed by atoms with Crippen molar-refractivity contribution in [3.63, 3.8) is 0 Å². The molecule has 0 atom stereocenters. The molecule has 0 bridgehead atoms. The minimum atomic E-state index is -0.267. The molecule has 1 amide bonds. The van der Waals surface area contributed by atoms with Gasteiger partial charge in [0.2, 0.25) is 0 Å². The van der Waals surface area contributed by atoms with Crippen LogP contribution in [0.3, 0.4) is 0 Å². The molecule has 0 aliphatic carbocycles. The Kier molecular flexibility index (Phi) is 6.50. The van der Waals surface area contributed by atoms with Gasteiger partial charge >= 0.3 is 0 Å². The first-order chi connectivity index (χ1) is 15.3. The van der Waals surface area contributed by atoms with Crippen LogP contribution in [0, 0.1) is 0 Å². The van der Waals surface area contributed by atoms with Crippen molar-refractivity contribution in [3.8, 4) is 0 Å². The van der Waals surface area contributed by atoms with E-state index in [9.17, 15) is 4.79 Å². The van der Waals surface area contributed by atoms with Crippen LogP contribution < -0.4 is 16.0 Å². The molecule has 154 valence electrons. The van der Waals surface area contributed by atoms with E-state index < -0.39 is 0 Å². The summed E-state index contributed by atoms with van der Waals surface area (Å²) < 4.78 is 0. The fourth-order valence-electron chi connectivity index (χ4n) is 3.09. The molecule has 31 heavy (non-hydrogen) atoms. The molecule has 3 N–H and O–H groups in total. The van der Waals surface area contributed by atoms with E-state index in [0.29, 0.717) is 36.1 Å². The Hall–Kier alpha value is -4.19. The number of hydrogen-bond donors (Lipinski definition) is 3. The SMILES string of the molecule is O=C(Nc1cccc(NCc2ccccc2)n1)c1cccnc1NCc1ccccc1. The predicted octanol–water partition coefficient (Wildman–Crippen LogP) is 4.95. The van der Waals surface area contributed by atoms with Gasteiger partial charge in [0.05, 0.1) is 5.56 Å². The molecule has 0 saturated carbocycles. The van der Waals surface area contributed by atoms with Gasteiger partial charge in [0.1, 0.15) is 17.5 Å². The maximum Gasteiger partial charge on any atom is 0.260 e. The lowest BCUT2D eigenvalue weighted by Crippen LogP contribution is -2.16. The largest absolute Gasteiger partial charge is 0.366 e. The van der Waals surface area contributed by atoms with Gasteiger partial charge in [0.25, 0.3) is 5.91 Å². The second-order valence-corrected chi connectivity index (χ2v) is 6.94. The smallest absolute Gasteiger partial charge is 0.260 e. The first-order valence-electron chi connectivity index (χ1n) is 10.1. The van der Waals surface area contributed by atoms with Crippen LogP contribution in [0.1, 0.15) is 21.5 Å². The molecule has 4 aromatic rings. The second-order valence-electron chi connectivity index (χ2n) is 6.94. The van der Waals surface area contributed by atoms with Gasteiger partial charge in [0, 0.05) is 19.3 Å². The predicted molar refractivity (Wildman–Crippen MR) is 124 cm³/mol. The van der Waals surface area contributed by atoms with Crippen LogP contribution in [-0.2, 0) is 13.1 Å². The number of anilines is 3. The zero-order valence-corrected chi connectivity index (χ0v) is 17.0. The molecule has 0 spiro atoms. The fraction of sp³-hybridized carbons (Fsp3) is 0.0800. The minimum absolute atomic E-state index is 0.267. The summed E-state index contributed by atoms with van der Waals surface area (Å²) in [5.74, 6) is 1.43. The lowest BCUT2D eigenvalue weighted by molar-refractivity contribution is 0.102. The first-order valence-corrected chi connectivity index (χ1v) is 10.1. The lowest BCUT2D eigenvalue weighted by atomic mass is 10.2. The molecule has 0 unspecified atom stereocenters. The number of carbonyl (C=O) groups excluding carboxylic acids is 1. The summed E-state index contributed by atoms with van der Waals surface area (Å²) in [5.41, 5.74) is 2.73. The van der Waals surface area contributed by atoms with Gasteiger partial charge in [-0.05, 0) is 35.4 Å². The van der Waals surface area contributed by atoms with E-state index in [1.165, 1.54) is 0 Å². The number of benzene rings is 2. The quantitative estimate of drug-likeness (QED) is 0.384. The number of nitrogens with zero attached hydrogens (tertiary/aromatic N) is 2. The molecular weight excluding hydrogens is 386 g/mol. The van der Waals surface area contributed by atoms with Crippen molar-refractivity contribution in [3.05, 3.63) is 114 Å². The van der Waals surface area contributed by atoms with E-state index in [1.54, 1.807) is 24.4 Å². The Labute approximate surface area is 181 Å². The van der Waals surface area contributed by atoms with Crippen LogP contribution in [-0.4, -0.2) is 15.9 Å². The summed E-state index contributed by atoms with van der Waals surface area (Å²) >= 11 is 0. The van der Waals surface area contributed by atoms with Crippen molar-refractivity contribution in [1.29, 1.82) is 0 Å². The average Bonchev–Trinajstić information content (AvgIpc) is 2.83. The summed E-state index contributed by atoms with van der Waals surface area (Å²) in [6, 6.07) is 29.0. The highest BCUT2D eigenvalue weighted by molar-refractivity contribution is 6.07. The number of pyridine rings is 2. The van der Waals surface area contributed by atoms with Gasteiger partial charge < -0.3 is 16.0 Å². The average molecular weight is 409 g/mol. The van der Waals surface area contributed by atoms with Crippen molar-refractivity contribution < 1.29 is 4.79 Å². The van der Waals surface area contributed by atoms with E-state index in [1.807, 2.05) is 72.8 Å². The topological polar surface area (TPSA) is 78.9 Å². The number of amides is 1. The van der Waals surface area contributed by atoms with E-state index >= 15 is 0 Å². The Morgan fingerprint density at radius 3 is 2.03 bits per heavy atom. The molecule has 4 rings (SSSR count). The molecule has 0 aliphatic rings. The van der Waals surface area contributed by atoms with Gasteiger partial charge in [-0.1, -0.05) is 66.7 Å². The molecule has 0 radical (unpaired) electrons. The highest BCUT2D eigenvalue weighted by Gasteiger charge is 2.13. The standard InChI is InChI=1S/C25H23N5O/c31-25(21-13-8-16-26-24(21)28-18-20-11-5-2-6-12-20)30-23-15-7-14-22(29-23)27-17-19-9-3-1-4-10-19/h1-16H,17-18H2,(H,26,28)(H2,27,29,30,31). The van der Waals surface area contributed by atoms with Crippen LogP contribution in [0.4, 0.5) is 17.5 Å². The van der Waals surface area contributed by atoms with Crippen molar-refractivity contribution in [2.45, 2.75) is 13.1 Å². The Bertz CT molecular complexity index is 1130. The molecule has 0 fully saturated rings. The molecule has 2 heterocycles. The maximum absolute atomic E-state index is 12.9. The highest BCUT2D eigenvalue weighted by Crippen LogP contribution is 2.16. The molecule has 0 aliphatic heterocycles. The fourth-order valence-corrected chi connectivity index (χ4v) is 3.09. The maximum atomic E-state index is 12.9. The first kappa shape index (κ1) is 20.1. The van der Waals surface area contributed by atoms with E-state index in [2.05, 4.69) is 25.9 Å². The number of nitrogens with one attached hydrogen (secondary N) is 3. The number of aromatic nitrogens is 2. The molecular formula is C25H23N5O. The Morgan fingerprint density at radius 1 is 0.677 bits per heavy atom. The summed E-state index contributed by atoms with van der Waals surface area (Å²) in [6.45, 7) is 1.23. The van der Waals surface area contributed by atoms with E-state index in [4.69, 9.17) is 0 Å². The van der Waals surface area contributed by atoms with Crippen LogP contribution in [0.15, 0.2) is 97.2 Å². The van der Waals surface area contributed by atoms with Gasteiger partial charge in [-0.15, -0.1) is 0 Å². The van der Waals surface area contributed by atoms with Gasteiger partial charge in [-0.2, -0.15) is 0 Å². The molecule has 2 aromatic carbocycles. The minimum Gasteiger partial charge on any atom is -0.366 e. The zero-order chi connectivity index (χ0) is 21.3. The Balaban J connectivity index is 1.41. The van der Waals surface area contributed by atoms with Crippen LogP contribution in [0.5, 0.6) is 0 Å². The highest BCUT2D eigenvalue weighted by atomic mass is 16.1. The van der Waals surface area contributed by atoms with Crippen molar-refractivity contribution in [1.82, 2.24) is 9.97 Å². The van der Waals surface area contributed by atoms with Gasteiger partial charge in [0.15, 0.2) is 0 Å². The van der Waals surface area contributed by atoms with E-state index in [0.717, 1.165) is 11.1 Å². The lowest BCUT2D eigenvalue weighted by Gasteiger charge is -2.12. The zero-order valence-electron chi connectivity index (χ0n) is 17.0. The monoisotopic (exact) mass is 409 g/mol. The van der Waals surface area contributed by atoms with Gasteiger partial charge in [-0.25, -0.2) is 9.97 Å². The Morgan fingerprint density at radius 2 is 1.32 bits per heavy atom. The molecule has 0 saturated heterocycles. The van der Waals surface area contributed by atoms with Crippen molar-refractivity contribution in [2.24, 2.45) is 0 Å². The van der Waals surface area contributed by atoms with Crippen LogP contribution in [0.2, 0.25) is 0 Å². The van der Waals surface area contributed by atoms with Crippen molar-refractivity contribution >= 4 is 23.4 Å². The summed E-state index contributed by atoms with van der Waals surface area (Å²) in [7, 11) is 0. The normalized spacial score (nSPS) is 10.3. The third-order valence-corrected chi connectivity index (χ3v) is 4.66. The summed E-state index contributed by atoms with van der Waals surface area (Å²) in [6.07, 6.45) is 1.66. The molecule has 6 nitrogen and oxygen atoms in total. The second kappa shape index (κ2) is 10.0. The number of hydrogen-bond acceptors (Lipinski definition) is 5. The summed E-state index contributed by atoms with van der Waals surface area (Å²) in [4.78, 5) is 21.7. The molecule has 2 aromatic heterocycles. The number of carbonyl (C=O) groups is 1. The molecule has 6 heteroatoms. The number of rotatable bonds is 8. The third kappa shape index (κ3) is 5.67. The summed E-state index contributed by atoms with van der Waals surface area (Å²) in [5, 5.41) is 9.38. The van der Waals surface area contributed by atoms with E-state index in [-0.39, 0.29) is 5.91 Å². The van der Waals surface area contributed by atoms with Gasteiger partial charge in [-0.3, -0.25) is 4.79 Å². The van der Waals surface area contributed by atoms with Crippen molar-refractivity contribution in [2.75, 3.05) is 16.0 Å². The third-order valence-electron chi connectivity index (χ3n) is 4.66. The van der Waals surface area contributed by atoms with Crippen LogP contribution >= 0.6 is 0 Å². The van der Waals surface area contributed by atoms with Crippen LogP contribution in [0.25, 0.3) is 0 Å².